The maximum absolute atomic E-state index is 12.6. The second kappa shape index (κ2) is 10.0. The van der Waals surface area contributed by atoms with Gasteiger partial charge < -0.3 is 14.8 Å². The first-order chi connectivity index (χ1) is 14.1. The van der Waals surface area contributed by atoms with Gasteiger partial charge in [0.25, 0.3) is 5.91 Å². The molecule has 29 heavy (non-hydrogen) atoms. The molecule has 0 aliphatic heterocycles. The van der Waals surface area contributed by atoms with Crippen molar-refractivity contribution >= 4 is 17.2 Å². The number of aromatic nitrogens is 2. The smallest absolute Gasteiger partial charge is 0.251 e. The number of ether oxygens (including phenoxy) is 2. The van der Waals surface area contributed by atoms with Gasteiger partial charge in [-0.1, -0.05) is 13.8 Å². The van der Waals surface area contributed by atoms with E-state index in [-0.39, 0.29) is 5.91 Å². The first kappa shape index (κ1) is 20.8. The Morgan fingerprint density at radius 3 is 2.62 bits per heavy atom. The largest absolute Gasteiger partial charge is 0.490 e. The average molecular weight is 412 g/mol. The van der Waals surface area contributed by atoms with Gasteiger partial charge in [-0.25, -0.2) is 4.98 Å². The Bertz CT molecular complexity index is 941. The van der Waals surface area contributed by atoms with Gasteiger partial charge in [-0.15, -0.1) is 11.3 Å². The van der Waals surface area contributed by atoms with E-state index in [1.54, 1.807) is 41.9 Å². The molecule has 0 aliphatic rings. The zero-order valence-electron chi connectivity index (χ0n) is 16.8. The van der Waals surface area contributed by atoms with Crippen LogP contribution in [0.2, 0.25) is 0 Å². The SMILES string of the molecule is CCOc1cc(C(=O)NCc2csc(C(C)C)n2)ccc1OCc1ccncc1. The first-order valence-corrected chi connectivity index (χ1v) is 10.5. The lowest BCUT2D eigenvalue weighted by Gasteiger charge is -2.13. The first-order valence-electron chi connectivity index (χ1n) is 9.58. The summed E-state index contributed by atoms with van der Waals surface area (Å²) in [5.41, 5.74) is 2.40. The second-order valence-electron chi connectivity index (χ2n) is 6.75. The quantitative estimate of drug-likeness (QED) is 0.558. The maximum Gasteiger partial charge on any atom is 0.251 e. The fraction of sp³-hybridized carbons (Fsp3) is 0.318. The zero-order valence-corrected chi connectivity index (χ0v) is 17.7. The highest BCUT2D eigenvalue weighted by atomic mass is 32.1. The van der Waals surface area contributed by atoms with Crippen LogP contribution < -0.4 is 14.8 Å². The summed E-state index contributed by atoms with van der Waals surface area (Å²) in [6, 6.07) is 9.00. The molecule has 2 aromatic heterocycles. The van der Waals surface area contributed by atoms with Crippen molar-refractivity contribution < 1.29 is 14.3 Å². The summed E-state index contributed by atoms with van der Waals surface area (Å²) in [5.74, 6) is 1.36. The highest BCUT2D eigenvalue weighted by Crippen LogP contribution is 2.29. The van der Waals surface area contributed by atoms with E-state index in [0.29, 0.717) is 42.7 Å². The number of pyridine rings is 1. The van der Waals surface area contributed by atoms with Crippen molar-refractivity contribution in [3.63, 3.8) is 0 Å². The molecule has 1 amide bonds. The van der Waals surface area contributed by atoms with Crippen LogP contribution in [0.5, 0.6) is 11.5 Å². The minimum absolute atomic E-state index is 0.175. The number of rotatable bonds is 9. The molecule has 0 atom stereocenters. The summed E-state index contributed by atoms with van der Waals surface area (Å²) in [5, 5.41) is 5.97. The number of carbonyl (C=O) groups excluding carboxylic acids is 1. The number of carbonyl (C=O) groups is 1. The van der Waals surface area contributed by atoms with E-state index in [0.717, 1.165) is 16.3 Å². The molecular weight excluding hydrogens is 386 g/mol. The molecule has 6 nitrogen and oxygen atoms in total. The van der Waals surface area contributed by atoms with E-state index >= 15 is 0 Å². The van der Waals surface area contributed by atoms with Crippen LogP contribution in [0.15, 0.2) is 48.1 Å². The summed E-state index contributed by atoms with van der Waals surface area (Å²) < 4.78 is 11.6. The normalized spacial score (nSPS) is 10.8. The van der Waals surface area contributed by atoms with Crippen molar-refractivity contribution in [1.82, 2.24) is 15.3 Å². The summed E-state index contributed by atoms with van der Waals surface area (Å²) in [4.78, 5) is 21.1. The predicted octanol–water partition coefficient (Wildman–Crippen LogP) is 4.57. The Hall–Kier alpha value is -2.93. The lowest BCUT2D eigenvalue weighted by Crippen LogP contribution is -2.23. The van der Waals surface area contributed by atoms with Crippen molar-refractivity contribution in [2.75, 3.05) is 6.61 Å². The molecule has 0 unspecified atom stereocenters. The monoisotopic (exact) mass is 411 g/mol. The van der Waals surface area contributed by atoms with Gasteiger partial charge in [0.2, 0.25) is 0 Å². The van der Waals surface area contributed by atoms with Gasteiger partial charge in [0.1, 0.15) is 6.61 Å². The summed E-state index contributed by atoms with van der Waals surface area (Å²) >= 11 is 1.62. The minimum atomic E-state index is -0.175. The van der Waals surface area contributed by atoms with E-state index in [1.165, 1.54) is 0 Å². The van der Waals surface area contributed by atoms with Crippen LogP contribution in [-0.4, -0.2) is 22.5 Å². The fourth-order valence-electron chi connectivity index (χ4n) is 2.62. The van der Waals surface area contributed by atoms with Gasteiger partial charge >= 0.3 is 0 Å². The minimum Gasteiger partial charge on any atom is -0.490 e. The predicted molar refractivity (Wildman–Crippen MR) is 114 cm³/mol. The molecule has 0 spiro atoms. The average Bonchev–Trinajstić information content (AvgIpc) is 3.21. The van der Waals surface area contributed by atoms with Crippen LogP contribution in [0.25, 0.3) is 0 Å². The lowest BCUT2D eigenvalue weighted by molar-refractivity contribution is 0.0950. The standard InChI is InChI=1S/C22H25N3O3S/c1-4-27-20-11-17(5-6-19(20)28-13-16-7-9-23-10-8-16)21(26)24-12-18-14-29-22(25-18)15(2)3/h5-11,14-15H,4,12-13H2,1-3H3,(H,24,26). The third-order valence-corrected chi connectivity index (χ3v) is 5.34. The second-order valence-corrected chi connectivity index (χ2v) is 7.64. The zero-order chi connectivity index (χ0) is 20.6. The molecule has 0 radical (unpaired) electrons. The van der Waals surface area contributed by atoms with E-state index in [9.17, 15) is 4.79 Å². The Balaban J connectivity index is 1.65. The number of hydrogen-bond acceptors (Lipinski definition) is 6. The molecule has 1 aromatic carbocycles. The number of benzene rings is 1. The van der Waals surface area contributed by atoms with Gasteiger partial charge in [-0.3, -0.25) is 9.78 Å². The fourth-order valence-corrected chi connectivity index (χ4v) is 3.45. The van der Waals surface area contributed by atoms with E-state index in [4.69, 9.17) is 9.47 Å². The molecule has 2 heterocycles. The van der Waals surface area contributed by atoms with Crippen LogP contribution in [0.1, 0.15) is 53.3 Å². The van der Waals surface area contributed by atoms with Crippen LogP contribution in [0.3, 0.4) is 0 Å². The summed E-state index contributed by atoms with van der Waals surface area (Å²) in [7, 11) is 0. The molecule has 0 aliphatic carbocycles. The van der Waals surface area contributed by atoms with E-state index in [2.05, 4.69) is 29.1 Å². The highest BCUT2D eigenvalue weighted by molar-refractivity contribution is 7.09. The lowest BCUT2D eigenvalue weighted by atomic mass is 10.2. The Labute approximate surface area is 174 Å². The van der Waals surface area contributed by atoms with E-state index in [1.807, 2.05) is 24.4 Å². The molecule has 7 heteroatoms. The summed E-state index contributed by atoms with van der Waals surface area (Å²) in [6.45, 7) is 7.38. The molecule has 0 saturated carbocycles. The molecule has 152 valence electrons. The number of thiazole rings is 1. The van der Waals surface area contributed by atoms with Gasteiger partial charge in [0.05, 0.1) is 23.9 Å². The van der Waals surface area contributed by atoms with Crippen molar-refractivity contribution in [3.8, 4) is 11.5 Å². The Kier molecular flexibility index (Phi) is 7.19. The molecule has 0 fully saturated rings. The number of amides is 1. The van der Waals surface area contributed by atoms with Gasteiger partial charge in [0, 0.05) is 29.3 Å². The van der Waals surface area contributed by atoms with Crippen molar-refractivity contribution in [1.29, 1.82) is 0 Å². The molecule has 3 rings (SSSR count). The molecule has 0 bridgehead atoms. The van der Waals surface area contributed by atoms with E-state index < -0.39 is 0 Å². The molecule has 0 saturated heterocycles. The van der Waals surface area contributed by atoms with Crippen LogP contribution >= 0.6 is 11.3 Å². The van der Waals surface area contributed by atoms with Crippen LogP contribution in [0.4, 0.5) is 0 Å². The van der Waals surface area contributed by atoms with Gasteiger partial charge in [0.15, 0.2) is 11.5 Å². The van der Waals surface area contributed by atoms with Gasteiger partial charge in [-0.05, 0) is 42.8 Å². The third-order valence-electron chi connectivity index (χ3n) is 4.14. The molecular formula is C22H25N3O3S. The number of nitrogens with zero attached hydrogens (tertiary/aromatic N) is 2. The maximum atomic E-state index is 12.6. The third kappa shape index (κ3) is 5.77. The Morgan fingerprint density at radius 2 is 1.93 bits per heavy atom. The van der Waals surface area contributed by atoms with Crippen molar-refractivity contribution in [2.24, 2.45) is 0 Å². The number of nitrogens with one attached hydrogen (secondary N) is 1. The van der Waals surface area contributed by atoms with Gasteiger partial charge in [-0.2, -0.15) is 0 Å². The number of hydrogen-bond donors (Lipinski definition) is 1. The molecule has 1 N–H and O–H groups in total. The Morgan fingerprint density at radius 1 is 1.14 bits per heavy atom. The highest BCUT2D eigenvalue weighted by Gasteiger charge is 2.13. The topological polar surface area (TPSA) is 73.3 Å². The summed E-state index contributed by atoms with van der Waals surface area (Å²) in [6.07, 6.45) is 3.45. The van der Waals surface area contributed by atoms with Crippen molar-refractivity contribution in [2.45, 2.75) is 39.8 Å². The van der Waals surface area contributed by atoms with Crippen LogP contribution in [-0.2, 0) is 13.2 Å². The van der Waals surface area contributed by atoms with Crippen LogP contribution in [0, 0.1) is 0 Å². The van der Waals surface area contributed by atoms with Crippen molar-refractivity contribution in [3.05, 3.63) is 69.9 Å². The molecule has 3 aromatic rings.